The van der Waals surface area contributed by atoms with Crippen LogP contribution in [0.1, 0.15) is 52.0 Å². The van der Waals surface area contributed by atoms with Gasteiger partial charge in [-0.05, 0) is 76.6 Å². The summed E-state index contributed by atoms with van der Waals surface area (Å²) in [7, 11) is 0. The quantitative estimate of drug-likeness (QED) is 0.439. The van der Waals surface area contributed by atoms with E-state index in [9.17, 15) is 15.3 Å². The molecule has 1 aromatic rings. The van der Waals surface area contributed by atoms with Crippen LogP contribution in [0.3, 0.4) is 0 Å². The molecule has 0 amide bonds. The van der Waals surface area contributed by atoms with E-state index in [1.807, 2.05) is 0 Å². The Balaban J connectivity index is 2.48. The third kappa shape index (κ3) is 8.02. The van der Waals surface area contributed by atoms with Crippen LogP contribution in [0.25, 0.3) is 0 Å². The second-order valence-corrected chi connectivity index (χ2v) is 6.45. The maximum atomic E-state index is 9.77. The SMILES string of the molecule is CC(C)=CCCC(=CCCC(C)=CCc1cc(O)ccc1O)CO. The Hall–Kier alpha value is -2.00. The summed E-state index contributed by atoms with van der Waals surface area (Å²) in [4.78, 5) is 0. The summed E-state index contributed by atoms with van der Waals surface area (Å²) in [5.41, 5.74) is 4.35. The average molecular weight is 330 g/mol. The van der Waals surface area contributed by atoms with Crippen LogP contribution in [0, 0.1) is 0 Å². The summed E-state index contributed by atoms with van der Waals surface area (Å²) in [6.45, 7) is 6.35. The fraction of sp³-hybridized carbons (Fsp3) is 0.429. The highest BCUT2D eigenvalue weighted by Crippen LogP contribution is 2.23. The monoisotopic (exact) mass is 330 g/mol. The molecule has 0 saturated carbocycles. The summed E-state index contributed by atoms with van der Waals surface area (Å²) < 4.78 is 0. The van der Waals surface area contributed by atoms with E-state index < -0.39 is 0 Å². The van der Waals surface area contributed by atoms with Gasteiger partial charge in [0.15, 0.2) is 0 Å². The van der Waals surface area contributed by atoms with E-state index >= 15 is 0 Å². The molecular weight excluding hydrogens is 300 g/mol. The van der Waals surface area contributed by atoms with Crippen molar-refractivity contribution < 1.29 is 15.3 Å². The third-order valence-electron chi connectivity index (χ3n) is 3.93. The molecular formula is C21H30O3. The molecule has 1 aromatic carbocycles. The molecule has 132 valence electrons. The van der Waals surface area contributed by atoms with Gasteiger partial charge in [0.25, 0.3) is 0 Å². The predicted molar refractivity (Wildman–Crippen MR) is 100 cm³/mol. The summed E-state index contributed by atoms with van der Waals surface area (Å²) in [5.74, 6) is 0.374. The van der Waals surface area contributed by atoms with Crippen LogP contribution < -0.4 is 0 Å². The van der Waals surface area contributed by atoms with Crippen molar-refractivity contribution in [2.45, 2.75) is 52.9 Å². The van der Waals surface area contributed by atoms with Crippen LogP contribution in [0.4, 0.5) is 0 Å². The minimum atomic E-state index is 0.122. The number of phenolic OH excluding ortho intramolecular Hbond substituents is 2. The van der Waals surface area contributed by atoms with Crippen molar-refractivity contribution in [1.82, 2.24) is 0 Å². The second kappa shape index (κ2) is 10.7. The summed E-state index contributed by atoms with van der Waals surface area (Å²) >= 11 is 0. The molecule has 0 aliphatic rings. The Bertz CT molecular complexity index is 606. The Morgan fingerprint density at radius 1 is 0.958 bits per heavy atom. The number of hydrogen-bond acceptors (Lipinski definition) is 3. The van der Waals surface area contributed by atoms with Gasteiger partial charge in [-0.15, -0.1) is 0 Å². The number of rotatable bonds is 9. The van der Waals surface area contributed by atoms with E-state index in [-0.39, 0.29) is 18.1 Å². The second-order valence-electron chi connectivity index (χ2n) is 6.45. The van der Waals surface area contributed by atoms with E-state index in [0.717, 1.165) is 36.8 Å². The molecule has 0 aliphatic heterocycles. The van der Waals surface area contributed by atoms with E-state index in [1.165, 1.54) is 23.3 Å². The molecule has 0 atom stereocenters. The van der Waals surface area contributed by atoms with Crippen LogP contribution in [0.5, 0.6) is 11.5 Å². The van der Waals surface area contributed by atoms with Gasteiger partial charge >= 0.3 is 0 Å². The van der Waals surface area contributed by atoms with E-state index in [4.69, 9.17) is 0 Å². The molecule has 0 bridgehead atoms. The van der Waals surface area contributed by atoms with Crippen LogP contribution in [0.15, 0.2) is 53.1 Å². The zero-order valence-electron chi connectivity index (χ0n) is 15.0. The van der Waals surface area contributed by atoms with Crippen molar-refractivity contribution in [2.24, 2.45) is 0 Å². The fourth-order valence-electron chi connectivity index (χ4n) is 2.42. The number of aliphatic hydroxyl groups is 1. The Kier molecular flexibility index (Phi) is 8.95. The Morgan fingerprint density at radius 2 is 1.67 bits per heavy atom. The summed E-state index contributed by atoms with van der Waals surface area (Å²) in [5, 5.41) is 28.6. The van der Waals surface area contributed by atoms with Gasteiger partial charge in [0.2, 0.25) is 0 Å². The first-order chi connectivity index (χ1) is 11.4. The highest BCUT2D eigenvalue weighted by Gasteiger charge is 2.01. The molecule has 0 saturated heterocycles. The maximum Gasteiger partial charge on any atom is 0.119 e. The van der Waals surface area contributed by atoms with Gasteiger partial charge in [0.1, 0.15) is 11.5 Å². The Morgan fingerprint density at radius 3 is 2.33 bits per heavy atom. The number of phenols is 2. The number of aliphatic hydroxyl groups excluding tert-OH is 1. The van der Waals surface area contributed by atoms with E-state index in [2.05, 4.69) is 39.0 Å². The van der Waals surface area contributed by atoms with E-state index in [1.54, 1.807) is 6.07 Å². The predicted octanol–water partition coefficient (Wildman–Crippen LogP) is 5.03. The van der Waals surface area contributed by atoms with Crippen molar-refractivity contribution in [2.75, 3.05) is 6.61 Å². The van der Waals surface area contributed by atoms with Gasteiger partial charge in [-0.3, -0.25) is 0 Å². The first-order valence-electron chi connectivity index (χ1n) is 8.51. The molecule has 3 N–H and O–H groups in total. The number of allylic oxidation sites excluding steroid dienone is 5. The maximum absolute atomic E-state index is 9.77. The average Bonchev–Trinajstić information content (AvgIpc) is 2.54. The molecule has 0 aromatic heterocycles. The van der Waals surface area contributed by atoms with Crippen LogP contribution in [0.2, 0.25) is 0 Å². The molecule has 0 fully saturated rings. The van der Waals surface area contributed by atoms with Gasteiger partial charge in [-0.25, -0.2) is 0 Å². The van der Waals surface area contributed by atoms with Crippen LogP contribution in [-0.2, 0) is 6.42 Å². The lowest BCUT2D eigenvalue weighted by Crippen LogP contribution is -1.91. The zero-order chi connectivity index (χ0) is 17.9. The molecule has 3 nitrogen and oxygen atoms in total. The number of hydrogen-bond donors (Lipinski definition) is 3. The molecule has 0 heterocycles. The zero-order valence-corrected chi connectivity index (χ0v) is 15.0. The van der Waals surface area contributed by atoms with Crippen molar-refractivity contribution >= 4 is 0 Å². The van der Waals surface area contributed by atoms with E-state index in [0.29, 0.717) is 6.42 Å². The summed E-state index contributed by atoms with van der Waals surface area (Å²) in [6.07, 6.45) is 10.7. The molecule has 0 unspecified atom stereocenters. The van der Waals surface area contributed by atoms with Crippen molar-refractivity contribution in [3.63, 3.8) is 0 Å². The largest absolute Gasteiger partial charge is 0.508 e. The molecule has 24 heavy (non-hydrogen) atoms. The molecule has 0 spiro atoms. The first-order valence-corrected chi connectivity index (χ1v) is 8.51. The molecule has 0 aliphatic carbocycles. The lowest BCUT2D eigenvalue weighted by molar-refractivity contribution is 0.326. The molecule has 1 rings (SSSR count). The van der Waals surface area contributed by atoms with Gasteiger partial charge in [-0.1, -0.05) is 29.4 Å². The minimum Gasteiger partial charge on any atom is -0.508 e. The summed E-state index contributed by atoms with van der Waals surface area (Å²) in [6, 6.07) is 4.58. The van der Waals surface area contributed by atoms with Crippen molar-refractivity contribution in [3.05, 3.63) is 58.7 Å². The van der Waals surface area contributed by atoms with Crippen LogP contribution in [-0.4, -0.2) is 21.9 Å². The van der Waals surface area contributed by atoms with Crippen molar-refractivity contribution in [3.8, 4) is 11.5 Å². The topological polar surface area (TPSA) is 60.7 Å². The smallest absolute Gasteiger partial charge is 0.119 e. The first kappa shape index (κ1) is 20.0. The molecule has 0 radical (unpaired) electrons. The normalized spacial score (nSPS) is 12.3. The number of aromatic hydroxyl groups is 2. The van der Waals surface area contributed by atoms with Gasteiger partial charge in [0, 0.05) is 5.56 Å². The van der Waals surface area contributed by atoms with Gasteiger partial charge < -0.3 is 15.3 Å². The highest BCUT2D eigenvalue weighted by molar-refractivity contribution is 5.39. The van der Waals surface area contributed by atoms with Crippen molar-refractivity contribution in [1.29, 1.82) is 0 Å². The van der Waals surface area contributed by atoms with Gasteiger partial charge in [-0.2, -0.15) is 0 Å². The number of benzene rings is 1. The van der Waals surface area contributed by atoms with Gasteiger partial charge in [0.05, 0.1) is 6.61 Å². The lowest BCUT2D eigenvalue weighted by Gasteiger charge is -2.05. The molecule has 3 heteroatoms. The standard InChI is InChI=1S/C21H30O3/c1-16(2)6-4-8-18(15-22)9-5-7-17(3)10-11-19-14-20(23)12-13-21(19)24/h6,9-10,12-14,22-24H,4-5,7-8,11,15H2,1-3H3. The third-order valence-corrected chi connectivity index (χ3v) is 3.93. The minimum absolute atomic E-state index is 0.122. The highest BCUT2D eigenvalue weighted by atomic mass is 16.3. The van der Waals surface area contributed by atoms with Crippen LogP contribution >= 0.6 is 0 Å². The Labute approximate surface area is 145 Å². The lowest BCUT2D eigenvalue weighted by atomic mass is 10.0. The fourth-order valence-corrected chi connectivity index (χ4v) is 2.42.